The number of nitrogens with zero attached hydrogens (tertiary/aromatic N) is 3. The number of aryl methyl sites for hydroxylation is 2. The molecule has 2 aromatic heterocycles. The minimum atomic E-state index is 0.882. The summed E-state index contributed by atoms with van der Waals surface area (Å²) in [6, 6.07) is 12.3. The third-order valence-corrected chi connectivity index (χ3v) is 2.83. The second-order valence-electron chi connectivity index (χ2n) is 4.33. The molecule has 3 nitrogen and oxygen atoms in total. The van der Waals surface area contributed by atoms with Crippen molar-refractivity contribution < 1.29 is 0 Å². The average Bonchev–Trinajstić information content (AvgIpc) is 2.71. The second kappa shape index (κ2) is 3.70. The zero-order valence-corrected chi connectivity index (χ0v) is 9.88. The van der Waals surface area contributed by atoms with Crippen molar-refractivity contribution in [3.05, 3.63) is 53.7 Å². The normalized spacial score (nSPS) is 10.9. The van der Waals surface area contributed by atoms with Crippen molar-refractivity contribution in [1.82, 2.24) is 14.6 Å². The van der Waals surface area contributed by atoms with Gasteiger partial charge in [-0.1, -0.05) is 29.8 Å². The maximum atomic E-state index is 4.26. The number of rotatable bonds is 1. The Kier molecular flexibility index (Phi) is 2.18. The fraction of sp³-hybridized carbons (Fsp3) is 0.143. The van der Waals surface area contributed by atoms with Gasteiger partial charge in [-0.25, -0.2) is 0 Å². The van der Waals surface area contributed by atoms with Gasteiger partial charge in [-0.05, 0) is 31.5 Å². The molecule has 2 heterocycles. The fourth-order valence-corrected chi connectivity index (χ4v) is 1.98. The Morgan fingerprint density at radius 1 is 0.941 bits per heavy atom. The van der Waals surface area contributed by atoms with Crippen LogP contribution < -0.4 is 0 Å². The highest BCUT2D eigenvalue weighted by atomic mass is 15.2. The molecule has 0 radical (unpaired) electrons. The van der Waals surface area contributed by atoms with Crippen LogP contribution in [-0.4, -0.2) is 14.6 Å². The first-order valence-corrected chi connectivity index (χ1v) is 5.62. The summed E-state index contributed by atoms with van der Waals surface area (Å²) in [7, 11) is 0. The van der Waals surface area contributed by atoms with E-state index >= 15 is 0 Å². The average molecular weight is 223 g/mol. The van der Waals surface area contributed by atoms with Gasteiger partial charge in [0.25, 0.3) is 0 Å². The molecule has 0 bridgehead atoms. The van der Waals surface area contributed by atoms with Crippen LogP contribution in [0.2, 0.25) is 0 Å². The van der Waals surface area contributed by atoms with Crippen LogP contribution in [0, 0.1) is 13.8 Å². The quantitative estimate of drug-likeness (QED) is 0.634. The molecule has 0 aliphatic carbocycles. The lowest BCUT2D eigenvalue weighted by Gasteiger charge is -2.02. The Labute approximate surface area is 99.7 Å². The monoisotopic (exact) mass is 223 g/mol. The third kappa shape index (κ3) is 1.69. The molecule has 84 valence electrons. The zero-order valence-electron chi connectivity index (χ0n) is 9.88. The number of pyridine rings is 1. The Morgan fingerprint density at radius 2 is 1.82 bits per heavy atom. The molecule has 3 heteroatoms. The van der Waals surface area contributed by atoms with Gasteiger partial charge in [0.05, 0.1) is 0 Å². The van der Waals surface area contributed by atoms with E-state index in [1.54, 1.807) is 0 Å². The predicted octanol–water partition coefficient (Wildman–Crippen LogP) is 3.01. The molecule has 0 aliphatic heterocycles. The first kappa shape index (κ1) is 10.0. The molecule has 0 spiro atoms. The van der Waals surface area contributed by atoms with Crippen molar-refractivity contribution in [3.63, 3.8) is 0 Å². The highest BCUT2D eigenvalue weighted by Crippen LogP contribution is 2.19. The Bertz CT molecular complexity index is 683. The summed E-state index contributed by atoms with van der Waals surface area (Å²) in [5.74, 6) is 0.896. The number of hydrogen-bond acceptors (Lipinski definition) is 2. The van der Waals surface area contributed by atoms with Gasteiger partial charge in [0, 0.05) is 11.8 Å². The summed E-state index contributed by atoms with van der Waals surface area (Å²) in [5, 5.41) is 8.44. The highest BCUT2D eigenvalue weighted by molar-refractivity contribution is 5.60. The van der Waals surface area contributed by atoms with Gasteiger partial charge in [0.1, 0.15) is 0 Å². The highest BCUT2D eigenvalue weighted by Gasteiger charge is 2.07. The van der Waals surface area contributed by atoms with Crippen molar-refractivity contribution in [2.45, 2.75) is 13.8 Å². The van der Waals surface area contributed by atoms with E-state index in [1.165, 1.54) is 11.1 Å². The molecule has 0 N–H and O–H groups in total. The molecule has 3 aromatic rings. The minimum absolute atomic E-state index is 0.882. The Morgan fingerprint density at radius 3 is 2.65 bits per heavy atom. The summed E-state index contributed by atoms with van der Waals surface area (Å²) in [6.45, 7) is 4.15. The third-order valence-electron chi connectivity index (χ3n) is 2.83. The maximum Gasteiger partial charge on any atom is 0.168 e. The van der Waals surface area contributed by atoms with Crippen LogP contribution in [0.15, 0.2) is 42.6 Å². The molecule has 0 fully saturated rings. The summed E-state index contributed by atoms with van der Waals surface area (Å²) in [6.07, 6.45) is 2.06. The van der Waals surface area contributed by atoms with Crippen molar-refractivity contribution in [2.75, 3.05) is 0 Å². The smallest absolute Gasteiger partial charge is 0.168 e. The van der Waals surface area contributed by atoms with Crippen LogP contribution in [0.1, 0.15) is 11.1 Å². The van der Waals surface area contributed by atoms with Crippen LogP contribution in [0.25, 0.3) is 17.0 Å². The summed E-state index contributed by atoms with van der Waals surface area (Å²) in [4.78, 5) is 0. The first-order chi connectivity index (χ1) is 8.24. The molecule has 0 saturated heterocycles. The Hall–Kier alpha value is -2.16. The van der Waals surface area contributed by atoms with Gasteiger partial charge in [0.15, 0.2) is 11.5 Å². The van der Waals surface area contributed by atoms with E-state index in [-0.39, 0.29) is 0 Å². The van der Waals surface area contributed by atoms with E-state index in [9.17, 15) is 0 Å². The summed E-state index contributed by atoms with van der Waals surface area (Å²) >= 11 is 0. The summed E-state index contributed by atoms with van der Waals surface area (Å²) in [5.41, 5.74) is 4.41. The molecule has 0 saturated carbocycles. The van der Waals surface area contributed by atoms with Gasteiger partial charge >= 0.3 is 0 Å². The minimum Gasteiger partial charge on any atom is -0.282 e. The van der Waals surface area contributed by atoms with E-state index in [0.29, 0.717) is 0 Å². The molecular weight excluding hydrogens is 210 g/mol. The van der Waals surface area contributed by atoms with Gasteiger partial charge in [-0.15, -0.1) is 10.2 Å². The van der Waals surface area contributed by atoms with Gasteiger partial charge in [-0.2, -0.15) is 0 Å². The van der Waals surface area contributed by atoms with Crippen molar-refractivity contribution in [1.29, 1.82) is 0 Å². The van der Waals surface area contributed by atoms with E-state index in [1.807, 2.05) is 22.6 Å². The molecule has 0 unspecified atom stereocenters. The summed E-state index contributed by atoms with van der Waals surface area (Å²) < 4.78 is 2.03. The number of aromatic nitrogens is 3. The standard InChI is InChI=1S/C14H13N3/c1-10-4-3-5-12(8-10)14-16-15-13-7-6-11(2)9-17(13)14/h3-9H,1-2H3. The van der Waals surface area contributed by atoms with Crippen LogP contribution in [-0.2, 0) is 0 Å². The van der Waals surface area contributed by atoms with Crippen LogP contribution >= 0.6 is 0 Å². The first-order valence-electron chi connectivity index (χ1n) is 5.62. The topological polar surface area (TPSA) is 30.2 Å². The van der Waals surface area contributed by atoms with Crippen molar-refractivity contribution in [3.8, 4) is 11.4 Å². The molecule has 0 atom stereocenters. The fourth-order valence-electron chi connectivity index (χ4n) is 1.98. The largest absolute Gasteiger partial charge is 0.282 e. The molecule has 0 amide bonds. The van der Waals surface area contributed by atoms with Gasteiger partial charge in [0.2, 0.25) is 0 Å². The Balaban J connectivity index is 2.27. The molecule has 1 aromatic carbocycles. The van der Waals surface area contributed by atoms with Gasteiger partial charge < -0.3 is 0 Å². The van der Waals surface area contributed by atoms with Crippen LogP contribution in [0.5, 0.6) is 0 Å². The lowest BCUT2D eigenvalue weighted by molar-refractivity contribution is 1.11. The van der Waals surface area contributed by atoms with Crippen molar-refractivity contribution >= 4 is 5.65 Å². The zero-order chi connectivity index (χ0) is 11.8. The van der Waals surface area contributed by atoms with E-state index in [0.717, 1.165) is 17.0 Å². The number of benzene rings is 1. The van der Waals surface area contributed by atoms with Crippen LogP contribution in [0.4, 0.5) is 0 Å². The van der Waals surface area contributed by atoms with Crippen molar-refractivity contribution in [2.24, 2.45) is 0 Å². The van der Waals surface area contributed by atoms with E-state index < -0.39 is 0 Å². The van der Waals surface area contributed by atoms with Gasteiger partial charge in [-0.3, -0.25) is 4.40 Å². The molecule has 17 heavy (non-hydrogen) atoms. The van der Waals surface area contributed by atoms with E-state index in [4.69, 9.17) is 0 Å². The lowest BCUT2D eigenvalue weighted by atomic mass is 10.1. The second-order valence-corrected chi connectivity index (χ2v) is 4.33. The van der Waals surface area contributed by atoms with E-state index in [2.05, 4.69) is 48.4 Å². The SMILES string of the molecule is Cc1cccc(-c2nnc3ccc(C)cn23)c1. The predicted molar refractivity (Wildman–Crippen MR) is 67.9 cm³/mol. The maximum absolute atomic E-state index is 4.26. The number of fused-ring (bicyclic) bond motifs is 1. The molecule has 0 aliphatic rings. The molecule has 3 rings (SSSR count). The lowest BCUT2D eigenvalue weighted by Crippen LogP contribution is -1.90. The van der Waals surface area contributed by atoms with Crippen LogP contribution in [0.3, 0.4) is 0 Å². The molecular formula is C14H13N3. The number of hydrogen-bond donors (Lipinski definition) is 0.